The Morgan fingerprint density at radius 2 is 2.24 bits per heavy atom. The number of carbonyl (C=O) groups is 1. The van der Waals surface area contributed by atoms with E-state index >= 15 is 0 Å². The number of carboxylic acids is 1. The van der Waals surface area contributed by atoms with Gasteiger partial charge in [-0.05, 0) is 37.8 Å². The maximum absolute atomic E-state index is 10.9. The van der Waals surface area contributed by atoms with E-state index in [9.17, 15) is 4.79 Å². The largest absolute Gasteiger partial charge is 0.493 e. The fourth-order valence-corrected chi connectivity index (χ4v) is 2.34. The highest BCUT2D eigenvalue weighted by Gasteiger charge is 2.20. The Hall–Kier alpha value is -2.30. The molecule has 3 rings (SSSR count). The number of carboxylic acid groups (broad SMARTS) is 1. The van der Waals surface area contributed by atoms with Gasteiger partial charge >= 0.3 is 5.97 Å². The second-order valence-corrected chi connectivity index (χ2v) is 5.49. The van der Waals surface area contributed by atoms with Crippen molar-refractivity contribution in [1.82, 2.24) is 5.16 Å². The van der Waals surface area contributed by atoms with E-state index < -0.39 is 5.97 Å². The predicted molar refractivity (Wildman–Crippen MR) is 76.5 cm³/mol. The third kappa shape index (κ3) is 2.91. The van der Waals surface area contributed by atoms with Gasteiger partial charge in [-0.2, -0.15) is 0 Å². The van der Waals surface area contributed by atoms with E-state index in [-0.39, 0.29) is 5.76 Å². The van der Waals surface area contributed by atoms with Crippen LogP contribution in [0.5, 0.6) is 5.75 Å². The zero-order chi connectivity index (χ0) is 14.8. The summed E-state index contributed by atoms with van der Waals surface area (Å²) in [5, 5.41) is 12.8. The Morgan fingerprint density at radius 3 is 2.86 bits per heavy atom. The molecule has 1 saturated carbocycles. The van der Waals surface area contributed by atoms with Crippen LogP contribution in [-0.4, -0.2) is 22.8 Å². The van der Waals surface area contributed by atoms with Gasteiger partial charge in [-0.1, -0.05) is 23.2 Å². The van der Waals surface area contributed by atoms with Gasteiger partial charge < -0.3 is 14.4 Å². The molecular weight excluding hydrogens is 270 g/mol. The standard InChI is InChI=1S/C16H17NO4/c1-10-5-6-14(20-9-11-3-2-4-11)12(7-10)13-8-15(16(18)19)21-17-13/h5-8,11H,2-4,9H2,1H3,(H,18,19). The Balaban J connectivity index is 1.87. The van der Waals surface area contributed by atoms with Crippen molar-refractivity contribution in [3.05, 3.63) is 35.6 Å². The van der Waals surface area contributed by atoms with Gasteiger partial charge in [-0.25, -0.2) is 4.79 Å². The summed E-state index contributed by atoms with van der Waals surface area (Å²) in [4.78, 5) is 10.9. The molecule has 0 unspecified atom stereocenters. The molecule has 110 valence electrons. The highest BCUT2D eigenvalue weighted by atomic mass is 16.5. The molecule has 0 amide bonds. The van der Waals surface area contributed by atoms with Crippen LogP contribution in [0.15, 0.2) is 28.8 Å². The van der Waals surface area contributed by atoms with Crippen LogP contribution in [0.2, 0.25) is 0 Å². The normalized spacial score (nSPS) is 14.7. The van der Waals surface area contributed by atoms with Gasteiger partial charge in [0.25, 0.3) is 0 Å². The molecule has 1 heterocycles. The van der Waals surface area contributed by atoms with Crippen LogP contribution in [0.25, 0.3) is 11.3 Å². The van der Waals surface area contributed by atoms with Gasteiger partial charge in [-0.15, -0.1) is 0 Å². The van der Waals surface area contributed by atoms with Gasteiger partial charge in [0.05, 0.1) is 6.61 Å². The third-order valence-corrected chi connectivity index (χ3v) is 3.83. The van der Waals surface area contributed by atoms with Crippen molar-refractivity contribution < 1.29 is 19.2 Å². The maximum Gasteiger partial charge on any atom is 0.374 e. The van der Waals surface area contributed by atoms with Crippen molar-refractivity contribution >= 4 is 5.97 Å². The highest BCUT2D eigenvalue weighted by molar-refractivity contribution is 5.86. The summed E-state index contributed by atoms with van der Waals surface area (Å²) in [7, 11) is 0. The summed E-state index contributed by atoms with van der Waals surface area (Å²) in [5.74, 6) is 0.0542. The number of aromatic nitrogens is 1. The molecule has 1 aromatic heterocycles. The zero-order valence-corrected chi connectivity index (χ0v) is 11.8. The highest BCUT2D eigenvalue weighted by Crippen LogP contribution is 2.33. The topological polar surface area (TPSA) is 72.6 Å². The van der Waals surface area contributed by atoms with Crippen molar-refractivity contribution in [1.29, 1.82) is 0 Å². The Kier molecular flexibility index (Phi) is 3.64. The van der Waals surface area contributed by atoms with E-state index in [0.717, 1.165) is 16.9 Å². The Morgan fingerprint density at radius 1 is 1.43 bits per heavy atom. The van der Waals surface area contributed by atoms with Crippen molar-refractivity contribution in [3.8, 4) is 17.0 Å². The van der Waals surface area contributed by atoms with Gasteiger partial charge in [0.15, 0.2) is 0 Å². The molecule has 5 nitrogen and oxygen atoms in total. The number of aryl methyl sites for hydroxylation is 1. The molecule has 0 bridgehead atoms. The molecule has 1 aliphatic rings. The molecule has 0 atom stereocenters. The molecule has 2 aromatic rings. The molecule has 1 fully saturated rings. The molecule has 21 heavy (non-hydrogen) atoms. The smallest absolute Gasteiger partial charge is 0.374 e. The van der Waals surface area contributed by atoms with Crippen LogP contribution in [0.1, 0.15) is 35.4 Å². The second-order valence-electron chi connectivity index (χ2n) is 5.49. The third-order valence-electron chi connectivity index (χ3n) is 3.83. The summed E-state index contributed by atoms with van der Waals surface area (Å²) in [6.07, 6.45) is 3.71. The lowest BCUT2D eigenvalue weighted by Crippen LogP contribution is -2.19. The van der Waals surface area contributed by atoms with Gasteiger partial charge in [0.1, 0.15) is 11.4 Å². The first-order valence-electron chi connectivity index (χ1n) is 7.07. The minimum Gasteiger partial charge on any atom is -0.493 e. The molecule has 0 aliphatic heterocycles. The molecular formula is C16H17NO4. The average Bonchev–Trinajstić information content (AvgIpc) is 2.88. The first-order valence-corrected chi connectivity index (χ1v) is 7.07. The number of benzene rings is 1. The first-order chi connectivity index (χ1) is 10.1. The monoisotopic (exact) mass is 287 g/mol. The minimum atomic E-state index is -1.13. The van der Waals surface area contributed by atoms with E-state index in [0.29, 0.717) is 18.2 Å². The molecule has 0 saturated heterocycles. The van der Waals surface area contributed by atoms with Crippen LogP contribution < -0.4 is 4.74 Å². The summed E-state index contributed by atoms with van der Waals surface area (Å²) in [6.45, 7) is 2.66. The van der Waals surface area contributed by atoms with Crippen LogP contribution >= 0.6 is 0 Å². The molecule has 0 radical (unpaired) electrons. The number of nitrogens with zero attached hydrogens (tertiary/aromatic N) is 1. The van der Waals surface area contributed by atoms with E-state index in [1.54, 1.807) is 0 Å². The number of ether oxygens (including phenoxy) is 1. The Labute approximate surface area is 122 Å². The van der Waals surface area contributed by atoms with Crippen LogP contribution in [0.4, 0.5) is 0 Å². The van der Waals surface area contributed by atoms with Crippen molar-refractivity contribution in [2.45, 2.75) is 26.2 Å². The average molecular weight is 287 g/mol. The Bertz CT molecular complexity index is 658. The summed E-state index contributed by atoms with van der Waals surface area (Å²) in [6, 6.07) is 7.23. The van der Waals surface area contributed by atoms with Gasteiger partial charge in [0.2, 0.25) is 5.76 Å². The van der Waals surface area contributed by atoms with E-state index in [2.05, 4.69) is 5.16 Å². The predicted octanol–water partition coefficient (Wildman–Crippen LogP) is 3.53. The maximum atomic E-state index is 10.9. The van der Waals surface area contributed by atoms with E-state index in [4.69, 9.17) is 14.4 Å². The van der Waals surface area contributed by atoms with Crippen LogP contribution in [0, 0.1) is 12.8 Å². The van der Waals surface area contributed by atoms with E-state index in [1.807, 2.05) is 25.1 Å². The van der Waals surface area contributed by atoms with Crippen LogP contribution in [0.3, 0.4) is 0 Å². The number of hydrogen-bond acceptors (Lipinski definition) is 4. The molecule has 1 aliphatic carbocycles. The molecule has 1 N–H and O–H groups in total. The van der Waals surface area contributed by atoms with Gasteiger partial charge in [0, 0.05) is 11.6 Å². The van der Waals surface area contributed by atoms with Crippen LogP contribution in [-0.2, 0) is 0 Å². The van der Waals surface area contributed by atoms with Crippen molar-refractivity contribution in [3.63, 3.8) is 0 Å². The SMILES string of the molecule is Cc1ccc(OCC2CCC2)c(-c2cc(C(=O)O)on2)c1. The number of rotatable bonds is 5. The fraction of sp³-hybridized carbons (Fsp3) is 0.375. The molecule has 5 heteroatoms. The van der Waals surface area contributed by atoms with E-state index in [1.165, 1.54) is 25.3 Å². The minimum absolute atomic E-state index is 0.170. The fourth-order valence-electron chi connectivity index (χ4n) is 2.34. The zero-order valence-electron chi connectivity index (χ0n) is 11.8. The lowest BCUT2D eigenvalue weighted by molar-refractivity contribution is 0.0652. The van der Waals surface area contributed by atoms with Crippen molar-refractivity contribution in [2.75, 3.05) is 6.61 Å². The van der Waals surface area contributed by atoms with Gasteiger partial charge in [-0.3, -0.25) is 0 Å². The van der Waals surface area contributed by atoms with Crippen molar-refractivity contribution in [2.24, 2.45) is 5.92 Å². The summed E-state index contributed by atoms with van der Waals surface area (Å²) < 4.78 is 10.7. The molecule has 1 aromatic carbocycles. The summed E-state index contributed by atoms with van der Waals surface area (Å²) in [5.41, 5.74) is 2.31. The summed E-state index contributed by atoms with van der Waals surface area (Å²) >= 11 is 0. The quantitative estimate of drug-likeness (QED) is 0.910. The number of aromatic carboxylic acids is 1. The second kappa shape index (κ2) is 5.60. The lowest BCUT2D eigenvalue weighted by Gasteiger charge is -2.25. The number of hydrogen-bond donors (Lipinski definition) is 1. The lowest BCUT2D eigenvalue weighted by atomic mass is 9.86. The molecule has 0 spiro atoms. The first kappa shape index (κ1) is 13.7.